The van der Waals surface area contributed by atoms with E-state index in [9.17, 15) is 0 Å². The maximum absolute atomic E-state index is 5.20. The quantitative estimate of drug-likeness (QED) is 0.230. The average molecular weight is 524 g/mol. The van der Waals surface area contributed by atoms with Crippen molar-refractivity contribution in [2.45, 2.75) is 0 Å². The van der Waals surface area contributed by atoms with Crippen LogP contribution in [0.2, 0.25) is 0 Å². The van der Waals surface area contributed by atoms with E-state index in [2.05, 4.69) is 138 Å². The molecule has 3 heterocycles. The van der Waals surface area contributed by atoms with Gasteiger partial charge in [-0.25, -0.2) is 9.97 Å². The summed E-state index contributed by atoms with van der Waals surface area (Å²) in [5, 5.41) is 1.06. The molecule has 3 nitrogen and oxygen atoms in total. The van der Waals surface area contributed by atoms with Crippen LogP contribution in [0.4, 0.5) is 0 Å². The number of benzene rings is 5. The van der Waals surface area contributed by atoms with Gasteiger partial charge in [-0.05, 0) is 75.8 Å². The lowest BCUT2D eigenvalue weighted by atomic mass is 9.92. The van der Waals surface area contributed by atoms with Crippen LogP contribution in [0.25, 0.3) is 72.2 Å². The molecule has 0 aliphatic rings. The van der Waals surface area contributed by atoms with E-state index < -0.39 is 0 Å². The topological polar surface area (TPSA) is 30.2 Å². The SMILES string of the molecule is c1ccc(-c2cc(-c3ccccc3)cc(-c3cccc(-c4nc5ccccc5c5nc6ccccn6c45)c3)c2)cc1. The second-order valence-electron chi connectivity index (χ2n) is 10.3. The minimum atomic E-state index is 0.918. The minimum absolute atomic E-state index is 0.918. The summed E-state index contributed by atoms with van der Waals surface area (Å²) in [6.07, 6.45) is 2.07. The Kier molecular flexibility index (Phi) is 5.46. The fraction of sp³-hybridized carbons (Fsp3) is 0. The van der Waals surface area contributed by atoms with Gasteiger partial charge in [0, 0.05) is 17.1 Å². The zero-order valence-electron chi connectivity index (χ0n) is 22.3. The van der Waals surface area contributed by atoms with Gasteiger partial charge in [-0.15, -0.1) is 0 Å². The lowest BCUT2D eigenvalue weighted by Gasteiger charge is -2.13. The molecular weight excluding hydrogens is 498 g/mol. The van der Waals surface area contributed by atoms with Crippen LogP contribution in [0.3, 0.4) is 0 Å². The van der Waals surface area contributed by atoms with E-state index in [0.717, 1.165) is 44.4 Å². The Morgan fingerprint density at radius 1 is 0.415 bits per heavy atom. The number of aromatic nitrogens is 3. The lowest BCUT2D eigenvalue weighted by molar-refractivity contribution is 1.22. The summed E-state index contributed by atoms with van der Waals surface area (Å²) in [5.41, 5.74) is 13.0. The van der Waals surface area contributed by atoms with Crippen LogP contribution in [0.15, 0.2) is 152 Å². The van der Waals surface area contributed by atoms with Gasteiger partial charge in [0.1, 0.15) is 11.2 Å². The molecule has 41 heavy (non-hydrogen) atoms. The first-order chi connectivity index (χ1) is 20.3. The van der Waals surface area contributed by atoms with Crippen molar-refractivity contribution in [3.8, 4) is 44.6 Å². The van der Waals surface area contributed by atoms with Crippen molar-refractivity contribution in [1.82, 2.24) is 14.4 Å². The fourth-order valence-corrected chi connectivity index (χ4v) is 5.79. The highest BCUT2D eigenvalue weighted by atomic mass is 15.0. The van der Waals surface area contributed by atoms with Crippen LogP contribution in [0.1, 0.15) is 0 Å². The van der Waals surface area contributed by atoms with Gasteiger partial charge >= 0.3 is 0 Å². The smallest absolute Gasteiger partial charge is 0.137 e. The van der Waals surface area contributed by atoms with Crippen molar-refractivity contribution in [2.75, 3.05) is 0 Å². The van der Waals surface area contributed by atoms with E-state index in [1.165, 1.54) is 27.8 Å². The first-order valence-corrected chi connectivity index (χ1v) is 13.8. The van der Waals surface area contributed by atoms with E-state index in [1.807, 2.05) is 18.2 Å². The molecular formula is C38H25N3. The Bertz CT molecular complexity index is 2140. The maximum Gasteiger partial charge on any atom is 0.137 e. The van der Waals surface area contributed by atoms with Crippen LogP contribution in [0.5, 0.6) is 0 Å². The van der Waals surface area contributed by atoms with Gasteiger partial charge in [0.05, 0.1) is 16.7 Å². The number of rotatable bonds is 4. The zero-order valence-corrected chi connectivity index (χ0v) is 22.3. The van der Waals surface area contributed by atoms with Crippen molar-refractivity contribution in [3.05, 3.63) is 152 Å². The first-order valence-electron chi connectivity index (χ1n) is 13.8. The van der Waals surface area contributed by atoms with Crippen molar-refractivity contribution in [3.63, 3.8) is 0 Å². The minimum Gasteiger partial charge on any atom is -0.298 e. The molecule has 0 atom stereocenters. The molecule has 0 N–H and O–H groups in total. The molecule has 0 aliphatic carbocycles. The Morgan fingerprint density at radius 2 is 0.976 bits per heavy atom. The molecule has 3 aromatic heterocycles. The number of para-hydroxylation sites is 1. The highest BCUT2D eigenvalue weighted by molar-refractivity contribution is 6.09. The number of imidazole rings is 1. The summed E-state index contributed by atoms with van der Waals surface area (Å²) in [7, 11) is 0. The molecule has 8 aromatic rings. The number of nitrogens with zero attached hydrogens (tertiary/aromatic N) is 3. The van der Waals surface area contributed by atoms with Crippen LogP contribution < -0.4 is 0 Å². The van der Waals surface area contributed by atoms with Crippen LogP contribution in [0, 0.1) is 0 Å². The van der Waals surface area contributed by atoms with Gasteiger partial charge in [-0.2, -0.15) is 0 Å². The second-order valence-corrected chi connectivity index (χ2v) is 10.3. The summed E-state index contributed by atoms with van der Waals surface area (Å²) in [5.74, 6) is 0. The van der Waals surface area contributed by atoms with Gasteiger partial charge in [-0.1, -0.05) is 103 Å². The molecule has 0 saturated heterocycles. The molecule has 5 aromatic carbocycles. The largest absolute Gasteiger partial charge is 0.298 e. The Balaban J connectivity index is 1.36. The highest BCUT2D eigenvalue weighted by Crippen LogP contribution is 2.37. The summed E-state index contributed by atoms with van der Waals surface area (Å²) in [4.78, 5) is 10.2. The molecule has 3 heteroatoms. The maximum atomic E-state index is 5.20. The summed E-state index contributed by atoms with van der Waals surface area (Å²) in [6.45, 7) is 0. The summed E-state index contributed by atoms with van der Waals surface area (Å²) >= 11 is 0. The van der Waals surface area contributed by atoms with E-state index in [1.54, 1.807) is 0 Å². The zero-order chi connectivity index (χ0) is 27.2. The predicted molar refractivity (Wildman–Crippen MR) is 170 cm³/mol. The average Bonchev–Trinajstić information content (AvgIpc) is 3.45. The van der Waals surface area contributed by atoms with Gasteiger partial charge in [0.25, 0.3) is 0 Å². The molecule has 0 bridgehead atoms. The van der Waals surface area contributed by atoms with E-state index in [0.29, 0.717) is 0 Å². The number of pyridine rings is 2. The molecule has 0 radical (unpaired) electrons. The van der Waals surface area contributed by atoms with Crippen molar-refractivity contribution >= 4 is 27.6 Å². The monoisotopic (exact) mass is 523 g/mol. The molecule has 192 valence electrons. The number of hydrogen-bond acceptors (Lipinski definition) is 2. The van der Waals surface area contributed by atoms with Gasteiger partial charge < -0.3 is 0 Å². The molecule has 0 fully saturated rings. The number of fused-ring (bicyclic) bond motifs is 5. The first kappa shape index (κ1) is 23.4. The van der Waals surface area contributed by atoms with Crippen LogP contribution in [-0.2, 0) is 0 Å². The third-order valence-corrected chi connectivity index (χ3v) is 7.76. The Morgan fingerprint density at radius 3 is 1.71 bits per heavy atom. The van der Waals surface area contributed by atoms with Crippen molar-refractivity contribution < 1.29 is 0 Å². The molecule has 8 rings (SSSR count). The van der Waals surface area contributed by atoms with E-state index in [4.69, 9.17) is 9.97 Å². The van der Waals surface area contributed by atoms with Gasteiger partial charge in [0.2, 0.25) is 0 Å². The molecule has 0 spiro atoms. The van der Waals surface area contributed by atoms with E-state index in [-0.39, 0.29) is 0 Å². The standard InChI is InChI=1S/C38H25N3/c1-3-12-26(13-4-1)30-23-31(27-14-5-2-6-15-27)25-32(24-30)28-16-11-17-29(22-28)36-38-37(33-18-7-8-19-34(33)39-36)40-35-20-9-10-21-41(35)38/h1-25H. The second kappa shape index (κ2) is 9.58. The highest BCUT2D eigenvalue weighted by Gasteiger charge is 2.17. The van der Waals surface area contributed by atoms with Crippen LogP contribution >= 0.6 is 0 Å². The molecule has 0 aliphatic heterocycles. The summed E-state index contributed by atoms with van der Waals surface area (Å²) in [6, 6.07) is 51.2. The van der Waals surface area contributed by atoms with E-state index >= 15 is 0 Å². The molecule has 0 amide bonds. The van der Waals surface area contributed by atoms with Gasteiger partial charge in [-0.3, -0.25) is 4.40 Å². The third kappa shape index (κ3) is 4.07. The fourth-order valence-electron chi connectivity index (χ4n) is 5.79. The Hall–Kier alpha value is -5.54. The Labute approximate surface area is 238 Å². The predicted octanol–water partition coefficient (Wildman–Crippen LogP) is 9.70. The van der Waals surface area contributed by atoms with Gasteiger partial charge in [0.15, 0.2) is 0 Å². The van der Waals surface area contributed by atoms with Crippen molar-refractivity contribution in [2.24, 2.45) is 0 Å². The summed E-state index contributed by atoms with van der Waals surface area (Å²) < 4.78 is 2.15. The molecule has 0 unspecified atom stereocenters. The third-order valence-electron chi connectivity index (χ3n) is 7.76. The van der Waals surface area contributed by atoms with Crippen molar-refractivity contribution in [1.29, 1.82) is 0 Å². The normalized spacial score (nSPS) is 11.4. The number of hydrogen-bond donors (Lipinski definition) is 0. The van der Waals surface area contributed by atoms with Crippen LogP contribution in [-0.4, -0.2) is 14.4 Å². The lowest BCUT2D eigenvalue weighted by Crippen LogP contribution is -1.92. The molecule has 0 saturated carbocycles.